The summed E-state index contributed by atoms with van der Waals surface area (Å²) in [5.41, 5.74) is 5.67. The molecule has 0 unspecified atom stereocenters. The van der Waals surface area contributed by atoms with E-state index >= 15 is 8.78 Å². The number of fused-ring (bicyclic) bond motifs is 2. The van der Waals surface area contributed by atoms with Gasteiger partial charge in [-0.2, -0.15) is 0 Å². The van der Waals surface area contributed by atoms with Crippen molar-refractivity contribution in [2.24, 2.45) is 0 Å². The Kier molecular flexibility index (Phi) is 9.49. The third-order valence-corrected chi connectivity index (χ3v) is 15.7. The summed E-state index contributed by atoms with van der Waals surface area (Å²) in [5, 5.41) is 2.18. The Balaban J connectivity index is 1.88. The smallest absolute Gasteiger partial charge is 0.188 e. The van der Waals surface area contributed by atoms with Crippen LogP contribution in [-0.4, -0.2) is 56.3 Å². The number of hydrogen-bond donors (Lipinski definition) is 0. The summed E-state index contributed by atoms with van der Waals surface area (Å²) < 4.78 is 43.6. The Bertz CT molecular complexity index is 1740. The highest BCUT2D eigenvalue weighted by molar-refractivity contribution is 7.98. The van der Waals surface area contributed by atoms with Crippen molar-refractivity contribution in [3.63, 3.8) is 0 Å². The van der Waals surface area contributed by atoms with E-state index in [1.54, 1.807) is 18.3 Å². The molecular formula is C34H40F2N4O2SSi. The molecule has 44 heavy (non-hydrogen) atoms. The minimum absolute atomic E-state index is 0.00105. The van der Waals surface area contributed by atoms with E-state index < -0.39 is 19.7 Å². The Morgan fingerprint density at radius 1 is 1.02 bits per heavy atom. The summed E-state index contributed by atoms with van der Waals surface area (Å²) in [7, 11) is -0.675. The first kappa shape index (κ1) is 32.1. The zero-order valence-corrected chi connectivity index (χ0v) is 28.5. The summed E-state index contributed by atoms with van der Waals surface area (Å²) in [5.74, 6) is 3.35. The number of pyridine rings is 1. The first-order valence-electron chi connectivity index (χ1n) is 15.1. The highest BCUT2D eigenvalue weighted by Gasteiger charge is 2.41. The van der Waals surface area contributed by atoms with E-state index in [-0.39, 0.29) is 23.6 Å². The number of halogens is 2. The topological polar surface area (TPSA) is 60.4 Å². The molecule has 1 fully saturated rings. The van der Waals surface area contributed by atoms with Gasteiger partial charge in [0.05, 0.1) is 10.9 Å². The molecule has 232 valence electrons. The van der Waals surface area contributed by atoms with Crippen LogP contribution >= 0.6 is 11.8 Å². The first-order valence-corrected chi connectivity index (χ1v) is 18.6. The highest BCUT2D eigenvalue weighted by Crippen LogP contribution is 2.43. The Labute approximate surface area is 264 Å². The fourth-order valence-corrected chi connectivity index (χ4v) is 12.2. The van der Waals surface area contributed by atoms with Crippen LogP contribution in [0.5, 0.6) is 5.75 Å². The van der Waals surface area contributed by atoms with Gasteiger partial charge in [0.1, 0.15) is 36.7 Å². The van der Waals surface area contributed by atoms with Gasteiger partial charge in [-0.3, -0.25) is 0 Å². The number of thioether (sulfide) groups is 1. The Morgan fingerprint density at radius 3 is 2.32 bits per heavy atom. The molecule has 0 N–H and O–H groups in total. The van der Waals surface area contributed by atoms with Crippen molar-refractivity contribution >= 4 is 47.3 Å². The summed E-state index contributed by atoms with van der Waals surface area (Å²) in [6.07, 6.45) is 4.51. The van der Waals surface area contributed by atoms with Gasteiger partial charge in [-0.15, -0.1) is 5.54 Å². The molecule has 0 radical (unpaired) electrons. The van der Waals surface area contributed by atoms with Crippen molar-refractivity contribution in [3.8, 4) is 28.5 Å². The van der Waals surface area contributed by atoms with Crippen LogP contribution in [-0.2, 0) is 4.74 Å². The van der Waals surface area contributed by atoms with Crippen LogP contribution in [0, 0.1) is 23.1 Å². The lowest BCUT2D eigenvalue weighted by Crippen LogP contribution is -2.43. The van der Waals surface area contributed by atoms with Gasteiger partial charge in [-0.05, 0) is 52.9 Å². The molecule has 0 spiro atoms. The van der Waals surface area contributed by atoms with Crippen LogP contribution in [0.2, 0.25) is 16.6 Å². The molecule has 6 nitrogen and oxygen atoms in total. The summed E-state index contributed by atoms with van der Waals surface area (Å²) in [6.45, 7) is 14.9. The van der Waals surface area contributed by atoms with Crippen molar-refractivity contribution in [2.45, 2.75) is 69.7 Å². The van der Waals surface area contributed by atoms with E-state index in [4.69, 9.17) is 14.5 Å². The third-order valence-electron chi connectivity index (χ3n) is 8.89. The predicted octanol–water partition coefficient (Wildman–Crippen LogP) is 8.61. The van der Waals surface area contributed by atoms with Crippen molar-refractivity contribution in [3.05, 3.63) is 47.7 Å². The molecule has 0 amide bonds. The monoisotopic (exact) mass is 634 g/mol. The molecule has 0 saturated carbocycles. The van der Waals surface area contributed by atoms with E-state index in [1.807, 2.05) is 12.3 Å². The molecule has 10 heteroatoms. The van der Waals surface area contributed by atoms with E-state index in [0.717, 1.165) is 19.5 Å². The van der Waals surface area contributed by atoms with Crippen LogP contribution in [0.15, 0.2) is 35.6 Å². The standard InChI is InChI=1S/C34H40F2N4O2SSi/c1-20(2)44(21(3)4,22(5)6)15-12-25-28(35)11-10-23-16-24(42-19-41-7)17-26(29(23)25)31-30(36)32-27(18-37-34(39-32)43-8)33(38-31)40-13-9-14-40/h10-11,16-18,20-22H,9,13-14,19H2,1-8H3. The molecule has 0 bridgehead atoms. The van der Waals surface area contributed by atoms with Gasteiger partial charge >= 0.3 is 0 Å². The molecular weight excluding hydrogens is 595 g/mol. The average molecular weight is 635 g/mol. The molecule has 1 saturated heterocycles. The van der Waals surface area contributed by atoms with Crippen LogP contribution in [0.25, 0.3) is 32.9 Å². The largest absolute Gasteiger partial charge is 0.468 e. The molecule has 2 aromatic carbocycles. The fraction of sp³-hybridized carbons (Fsp3) is 0.441. The zero-order valence-electron chi connectivity index (χ0n) is 26.7. The maximum Gasteiger partial charge on any atom is 0.188 e. The maximum atomic E-state index is 16.7. The van der Waals surface area contributed by atoms with Crippen LogP contribution < -0.4 is 9.64 Å². The quantitative estimate of drug-likeness (QED) is 0.0601. The van der Waals surface area contributed by atoms with Crippen LogP contribution in [0.3, 0.4) is 0 Å². The Morgan fingerprint density at radius 2 is 1.73 bits per heavy atom. The molecule has 0 aliphatic carbocycles. The van der Waals surface area contributed by atoms with Gasteiger partial charge in [-0.25, -0.2) is 23.7 Å². The van der Waals surface area contributed by atoms with Gasteiger partial charge in [-0.1, -0.05) is 65.3 Å². The lowest BCUT2D eigenvalue weighted by molar-refractivity contribution is 0.0512. The molecule has 0 atom stereocenters. The van der Waals surface area contributed by atoms with Gasteiger partial charge in [0.2, 0.25) is 0 Å². The lowest BCUT2D eigenvalue weighted by Gasteiger charge is -2.38. The predicted molar refractivity (Wildman–Crippen MR) is 179 cm³/mol. The van der Waals surface area contributed by atoms with Gasteiger partial charge < -0.3 is 14.4 Å². The van der Waals surface area contributed by atoms with Crippen molar-refractivity contribution in [2.75, 3.05) is 38.1 Å². The lowest BCUT2D eigenvalue weighted by atomic mass is 9.95. The fourth-order valence-electron chi connectivity index (χ4n) is 6.61. The number of benzene rings is 2. The number of rotatable bonds is 9. The molecule has 2 aromatic heterocycles. The third kappa shape index (κ3) is 5.66. The minimum Gasteiger partial charge on any atom is -0.468 e. The van der Waals surface area contributed by atoms with Crippen molar-refractivity contribution in [1.29, 1.82) is 0 Å². The molecule has 1 aliphatic heterocycles. The second-order valence-corrected chi connectivity index (χ2v) is 18.6. The van der Waals surface area contributed by atoms with Crippen LogP contribution in [0.1, 0.15) is 53.5 Å². The van der Waals surface area contributed by atoms with Gasteiger partial charge in [0.25, 0.3) is 0 Å². The van der Waals surface area contributed by atoms with Gasteiger partial charge in [0.15, 0.2) is 17.8 Å². The average Bonchev–Trinajstić information content (AvgIpc) is 2.96. The molecule has 1 aliphatic rings. The number of aromatic nitrogens is 3. The SMILES string of the molecule is COCOc1cc(-c2nc(N3CCC3)c3cnc(SC)nc3c2F)c2c(C#C[Si](C(C)C)(C(C)C)C(C)C)c(F)ccc2c1. The maximum absolute atomic E-state index is 16.7. The second-order valence-electron chi connectivity index (χ2n) is 12.2. The molecule has 4 aromatic rings. The van der Waals surface area contributed by atoms with E-state index in [9.17, 15) is 0 Å². The first-order chi connectivity index (χ1) is 21.0. The van der Waals surface area contributed by atoms with Crippen LogP contribution in [0.4, 0.5) is 14.6 Å². The summed E-state index contributed by atoms with van der Waals surface area (Å²) >= 11 is 1.34. The van der Waals surface area contributed by atoms with E-state index in [0.29, 0.717) is 55.1 Å². The summed E-state index contributed by atoms with van der Waals surface area (Å²) in [4.78, 5) is 16.0. The number of hydrogen-bond acceptors (Lipinski definition) is 7. The normalized spacial score (nSPS) is 13.6. The second kappa shape index (κ2) is 13.0. The number of anilines is 1. The number of nitrogens with zero attached hydrogens (tertiary/aromatic N) is 4. The number of methoxy groups -OCH3 is 1. The number of ether oxygens (including phenoxy) is 2. The van der Waals surface area contributed by atoms with E-state index in [2.05, 4.69) is 67.9 Å². The van der Waals surface area contributed by atoms with Crippen molar-refractivity contribution < 1.29 is 18.3 Å². The van der Waals surface area contributed by atoms with E-state index in [1.165, 1.54) is 24.9 Å². The minimum atomic E-state index is -2.21. The van der Waals surface area contributed by atoms with Crippen molar-refractivity contribution in [1.82, 2.24) is 15.0 Å². The summed E-state index contributed by atoms with van der Waals surface area (Å²) in [6, 6.07) is 6.62. The Hall–Kier alpha value is -3.26. The molecule has 5 rings (SSSR count). The zero-order chi connectivity index (χ0) is 31.8. The molecule has 3 heterocycles. The van der Waals surface area contributed by atoms with Gasteiger partial charge in [0, 0.05) is 37.3 Å². The highest BCUT2D eigenvalue weighted by atomic mass is 32.2.